The average Bonchev–Trinajstić information content (AvgIpc) is 3.31. The van der Waals surface area contributed by atoms with Crippen molar-refractivity contribution in [3.05, 3.63) is 61.5 Å². The molecule has 1 N–H and O–H groups in total. The summed E-state index contributed by atoms with van der Waals surface area (Å²) < 4.78 is 6.88. The molecular weight excluding hydrogens is 539 g/mol. The third kappa shape index (κ3) is 6.89. The largest absolute Gasteiger partial charge is 0.484 e. The fourth-order valence-corrected chi connectivity index (χ4v) is 4.89. The van der Waals surface area contributed by atoms with Crippen LogP contribution in [0.1, 0.15) is 55.7 Å². The summed E-state index contributed by atoms with van der Waals surface area (Å²) in [4.78, 5) is 28.2. The average molecular weight is 570 g/mol. The summed E-state index contributed by atoms with van der Waals surface area (Å²) in [5.74, 6) is 0.223. The zero-order valence-electron chi connectivity index (χ0n) is 19.8. The molecule has 0 aromatic heterocycles. The fraction of sp³-hybridized carbons (Fsp3) is 0.462. The van der Waals surface area contributed by atoms with Gasteiger partial charge in [0, 0.05) is 17.1 Å². The molecule has 0 aliphatic heterocycles. The maximum Gasteiger partial charge on any atom is 0.261 e. The van der Waals surface area contributed by atoms with E-state index < -0.39 is 6.04 Å². The highest BCUT2D eigenvalue weighted by molar-refractivity contribution is 9.10. The molecule has 0 radical (unpaired) electrons. The molecule has 2 amide bonds. The number of nitrogens with one attached hydrogen (secondary N) is 1. The lowest BCUT2D eigenvalue weighted by Crippen LogP contribution is -2.52. The summed E-state index contributed by atoms with van der Waals surface area (Å²) in [6.45, 7) is 5.92. The molecule has 5 nitrogen and oxygen atoms in total. The first-order valence-corrected chi connectivity index (χ1v) is 13.2. The molecule has 0 bridgehead atoms. The van der Waals surface area contributed by atoms with Crippen LogP contribution in [-0.2, 0) is 16.1 Å². The topological polar surface area (TPSA) is 58.6 Å². The van der Waals surface area contributed by atoms with Crippen LogP contribution in [0.2, 0.25) is 10.0 Å². The van der Waals surface area contributed by atoms with Gasteiger partial charge in [0.1, 0.15) is 11.8 Å². The van der Waals surface area contributed by atoms with Gasteiger partial charge >= 0.3 is 0 Å². The van der Waals surface area contributed by atoms with Crippen molar-refractivity contribution >= 4 is 50.9 Å². The second-order valence-corrected chi connectivity index (χ2v) is 10.5. The first kappa shape index (κ1) is 26.8. The van der Waals surface area contributed by atoms with Crippen molar-refractivity contribution < 1.29 is 14.3 Å². The first-order valence-electron chi connectivity index (χ1n) is 11.6. The number of hydrogen-bond donors (Lipinski definition) is 1. The molecule has 0 spiro atoms. The Morgan fingerprint density at radius 3 is 2.35 bits per heavy atom. The van der Waals surface area contributed by atoms with Crippen LogP contribution in [0.5, 0.6) is 5.75 Å². The van der Waals surface area contributed by atoms with Crippen LogP contribution < -0.4 is 10.1 Å². The van der Waals surface area contributed by atoms with Gasteiger partial charge in [0.2, 0.25) is 5.91 Å². The van der Waals surface area contributed by atoms with Gasteiger partial charge in [-0.1, -0.05) is 65.0 Å². The Hall–Kier alpha value is -1.76. The van der Waals surface area contributed by atoms with E-state index >= 15 is 0 Å². The Morgan fingerprint density at radius 2 is 1.76 bits per heavy atom. The molecule has 1 aliphatic carbocycles. The Balaban J connectivity index is 1.80. The summed E-state index contributed by atoms with van der Waals surface area (Å²) in [5.41, 5.74) is 2.85. The highest BCUT2D eigenvalue weighted by Gasteiger charge is 2.31. The van der Waals surface area contributed by atoms with Crippen molar-refractivity contribution in [1.82, 2.24) is 10.2 Å². The van der Waals surface area contributed by atoms with E-state index in [9.17, 15) is 9.59 Å². The third-order valence-electron chi connectivity index (χ3n) is 6.20. The number of benzene rings is 2. The van der Waals surface area contributed by atoms with Crippen LogP contribution in [0.3, 0.4) is 0 Å². The minimum absolute atomic E-state index is 0.127. The molecule has 2 aromatic carbocycles. The van der Waals surface area contributed by atoms with Gasteiger partial charge in [0.15, 0.2) is 6.61 Å². The van der Waals surface area contributed by atoms with Gasteiger partial charge in [0.05, 0.1) is 10.0 Å². The zero-order chi connectivity index (χ0) is 24.8. The Bertz CT molecular complexity index is 1020. The van der Waals surface area contributed by atoms with Crippen LogP contribution in [0, 0.1) is 13.8 Å². The second-order valence-electron chi connectivity index (χ2n) is 8.84. The maximum absolute atomic E-state index is 13.4. The molecule has 1 fully saturated rings. The highest BCUT2D eigenvalue weighted by atomic mass is 79.9. The van der Waals surface area contributed by atoms with E-state index in [1.807, 2.05) is 39.0 Å². The number of rotatable bonds is 9. The van der Waals surface area contributed by atoms with Gasteiger partial charge in [-0.05, 0) is 74.1 Å². The Kier molecular flexibility index (Phi) is 9.69. The maximum atomic E-state index is 13.4. The van der Waals surface area contributed by atoms with Gasteiger partial charge in [-0.3, -0.25) is 9.59 Å². The predicted molar refractivity (Wildman–Crippen MR) is 141 cm³/mol. The number of carbonyl (C=O) groups is 2. The standard InChI is InChI=1S/C26H31BrCl2N2O3/c1-4-23(26(33)30-19-7-5-6-8-19)31(14-18-9-10-21(28)22(29)13-18)24(32)15-34-20-11-16(2)25(27)17(3)12-20/h9-13,19,23H,4-8,14-15H2,1-3H3,(H,30,33)/t23-/m0/s1. The van der Waals surface area contributed by atoms with E-state index in [-0.39, 0.29) is 31.0 Å². The van der Waals surface area contributed by atoms with Crippen molar-refractivity contribution in [2.75, 3.05) is 6.61 Å². The normalized spacial score (nSPS) is 14.6. The van der Waals surface area contributed by atoms with Gasteiger partial charge in [-0.2, -0.15) is 0 Å². The van der Waals surface area contributed by atoms with Gasteiger partial charge in [-0.15, -0.1) is 0 Å². The Morgan fingerprint density at radius 1 is 1.12 bits per heavy atom. The highest BCUT2D eigenvalue weighted by Crippen LogP contribution is 2.27. The quantitative estimate of drug-likeness (QED) is 0.369. The molecular formula is C26H31BrCl2N2O3. The first-order chi connectivity index (χ1) is 16.2. The van der Waals surface area contributed by atoms with Crippen LogP contribution in [0.15, 0.2) is 34.8 Å². The zero-order valence-corrected chi connectivity index (χ0v) is 22.9. The van der Waals surface area contributed by atoms with Crippen LogP contribution in [0.4, 0.5) is 0 Å². The lowest BCUT2D eigenvalue weighted by molar-refractivity contribution is -0.143. The monoisotopic (exact) mass is 568 g/mol. The van der Waals surface area contributed by atoms with Crippen LogP contribution in [-0.4, -0.2) is 35.4 Å². The van der Waals surface area contributed by atoms with E-state index in [4.69, 9.17) is 27.9 Å². The smallest absolute Gasteiger partial charge is 0.261 e. The van der Waals surface area contributed by atoms with E-state index in [1.54, 1.807) is 17.0 Å². The minimum Gasteiger partial charge on any atom is -0.484 e. The van der Waals surface area contributed by atoms with Crippen molar-refractivity contribution in [3.63, 3.8) is 0 Å². The summed E-state index contributed by atoms with van der Waals surface area (Å²) in [6.07, 6.45) is 4.69. The lowest BCUT2D eigenvalue weighted by atomic mass is 10.1. The number of carbonyl (C=O) groups excluding carboxylic acids is 2. The second kappa shape index (κ2) is 12.3. The van der Waals surface area contributed by atoms with Gasteiger partial charge in [0.25, 0.3) is 5.91 Å². The molecule has 1 atom stereocenters. The van der Waals surface area contributed by atoms with Crippen molar-refractivity contribution in [2.24, 2.45) is 0 Å². The summed E-state index contributed by atoms with van der Waals surface area (Å²) in [6, 6.07) is 8.58. The van der Waals surface area contributed by atoms with Gasteiger partial charge in [-0.25, -0.2) is 0 Å². The molecule has 34 heavy (non-hydrogen) atoms. The molecule has 8 heteroatoms. The molecule has 0 saturated heterocycles. The molecule has 0 unspecified atom stereocenters. The summed E-state index contributed by atoms with van der Waals surface area (Å²) in [5, 5.41) is 3.99. The van der Waals surface area contributed by atoms with E-state index in [0.29, 0.717) is 22.2 Å². The number of halogens is 3. The third-order valence-corrected chi connectivity index (χ3v) is 8.19. The number of amides is 2. The lowest BCUT2D eigenvalue weighted by Gasteiger charge is -2.31. The van der Waals surface area contributed by atoms with Crippen molar-refractivity contribution in [2.45, 2.75) is 71.5 Å². The van der Waals surface area contributed by atoms with Crippen LogP contribution >= 0.6 is 39.1 Å². The number of ether oxygens (including phenoxy) is 1. The summed E-state index contributed by atoms with van der Waals surface area (Å²) >= 11 is 15.8. The number of hydrogen-bond acceptors (Lipinski definition) is 3. The summed E-state index contributed by atoms with van der Waals surface area (Å²) in [7, 11) is 0. The van der Waals surface area contributed by atoms with E-state index in [0.717, 1.165) is 46.8 Å². The van der Waals surface area contributed by atoms with Crippen molar-refractivity contribution in [1.29, 1.82) is 0 Å². The van der Waals surface area contributed by atoms with Crippen molar-refractivity contribution in [3.8, 4) is 5.75 Å². The SMILES string of the molecule is CC[C@@H](C(=O)NC1CCCC1)N(Cc1ccc(Cl)c(Cl)c1)C(=O)COc1cc(C)c(Br)c(C)c1. The molecule has 184 valence electrons. The fourth-order valence-electron chi connectivity index (χ4n) is 4.34. The van der Waals surface area contributed by atoms with E-state index in [2.05, 4.69) is 21.2 Å². The molecule has 2 aromatic rings. The molecule has 0 heterocycles. The van der Waals surface area contributed by atoms with Gasteiger partial charge < -0.3 is 15.0 Å². The predicted octanol–water partition coefficient (Wildman–Crippen LogP) is 6.62. The van der Waals surface area contributed by atoms with Crippen LogP contribution in [0.25, 0.3) is 0 Å². The minimum atomic E-state index is -0.612. The molecule has 1 aliphatic rings. The number of aryl methyl sites for hydroxylation is 2. The Labute approximate surface area is 220 Å². The molecule has 1 saturated carbocycles. The number of nitrogens with zero attached hydrogens (tertiary/aromatic N) is 1. The van der Waals surface area contributed by atoms with E-state index in [1.165, 1.54) is 0 Å². The molecule has 3 rings (SSSR count).